The average molecular weight is 873 g/mol. The molecule has 0 N–H and O–H groups in total. The Balaban J connectivity index is 1.05. The van der Waals surface area contributed by atoms with Gasteiger partial charge in [-0.1, -0.05) is 194 Å². The van der Waals surface area contributed by atoms with Crippen molar-refractivity contribution >= 4 is 89.4 Å². The van der Waals surface area contributed by atoms with Crippen molar-refractivity contribution in [2.24, 2.45) is 0 Å². The molecule has 1 aliphatic carbocycles. The van der Waals surface area contributed by atoms with E-state index in [0.717, 1.165) is 77.6 Å². The molecular formula is C63H40N2OS. The van der Waals surface area contributed by atoms with Gasteiger partial charge in [0.2, 0.25) is 0 Å². The van der Waals surface area contributed by atoms with Crippen LogP contribution in [0, 0.1) is 0 Å². The zero-order valence-electron chi connectivity index (χ0n) is 36.3. The molecule has 0 saturated heterocycles. The topological polar surface area (TPSA) is 19.6 Å². The number of fused-ring (bicyclic) bond motifs is 16. The van der Waals surface area contributed by atoms with Gasteiger partial charge in [-0.2, -0.15) is 0 Å². The SMILES string of the molecule is c1ccc(N(c2ccccc2)c2cc3c(oc4cc(N(c5ccccc5)c5cccc6c5Sc5ccccc5C65c6ccccc6-c6ccccc65)c5ccccc5c43)c3ccccc23)cc1. The van der Waals surface area contributed by atoms with Crippen LogP contribution in [0.3, 0.4) is 0 Å². The van der Waals surface area contributed by atoms with Crippen LogP contribution in [0.15, 0.2) is 257 Å². The van der Waals surface area contributed by atoms with E-state index in [4.69, 9.17) is 4.42 Å². The molecule has 14 rings (SSSR count). The number of benzene rings is 11. The maximum absolute atomic E-state index is 7.25. The fraction of sp³-hybridized carbons (Fsp3) is 0.0159. The zero-order chi connectivity index (χ0) is 44.1. The lowest BCUT2D eigenvalue weighted by Gasteiger charge is -2.41. The largest absolute Gasteiger partial charge is 0.455 e. The molecule has 67 heavy (non-hydrogen) atoms. The standard InChI is InChI=1S/C63H40N2OS/c1-4-21-41(22-5-1)64(42-23-6-2-7-24-42)56-39-50-60-48-31-12-10-29-46(48)57(40-58(60)66-61(50)49-32-13-11-30-47(49)56)65(43-25-8-3-9-26-43)55-37-20-36-54-62(55)67-59-38-19-18-35-53(59)63(54)51-33-16-14-27-44(51)45-28-15-17-34-52(45)63/h1-40H. The van der Waals surface area contributed by atoms with Gasteiger partial charge in [0.1, 0.15) is 11.2 Å². The van der Waals surface area contributed by atoms with Crippen LogP contribution >= 0.6 is 11.8 Å². The van der Waals surface area contributed by atoms with Crippen LogP contribution in [0.25, 0.3) is 54.6 Å². The molecule has 1 spiro atoms. The van der Waals surface area contributed by atoms with Gasteiger partial charge in [-0.25, -0.2) is 0 Å². The maximum atomic E-state index is 7.25. The molecule has 2 aliphatic rings. The molecule has 314 valence electrons. The lowest BCUT2D eigenvalue weighted by molar-refractivity contribution is 0.673. The van der Waals surface area contributed by atoms with Crippen molar-refractivity contribution in [1.82, 2.24) is 0 Å². The summed E-state index contributed by atoms with van der Waals surface area (Å²) in [5.74, 6) is 0. The Morgan fingerprint density at radius 2 is 0.821 bits per heavy atom. The first-order valence-electron chi connectivity index (χ1n) is 22.9. The van der Waals surface area contributed by atoms with Crippen molar-refractivity contribution in [1.29, 1.82) is 0 Å². The normalized spacial score (nSPS) is 13.1. The van der Waals surface area contributed by atoms with Gasteiger partial charge in [0.05, 0.1) is 22.5 Å². The Bertz CT molecular complexity index is 3830. The third kappa shape index (κ3) is 5.48. The van der Waals surface area contributed by atoms with Crippen molar-refractivity contribution < 1.29 is 4.42 Å². The van der Waals surface area contributed by atoms with Crippen LogP contribution in [0.5, 0.6) is 0 Å². The fourth-order valence-electron chi connectivity index (χ4n) is 11.4. The minimum Gasteiger partial charge on any atom is -0.455 e. The van der Waals surface area contributed by atoms with Crippen molar-refractivity contribution in [2.75, 3.05) is 9.80 Å². The molecule has 4 heteroatoms. The summed E-state index contributed by atoms with van der Waals surface area (Å²) in [6, 6.07) is 88.5. The third-order valence-corrected chi connectivity index (χ3v) is 15.3. The lowest BCUT2D eigenvalue weighted by Crippen LogP contribution is -2.32. The second-order valence-corrected chi connectivity index (χ2v) is 18.6. The van der Waals surface area contributed by atoms with E-state index in [2.05, 4.69) is 252 Å². The summed E-state index contributed by atoms with van der Waals surface area (Å²) in [6.45, 7) is 0. The summed E-state index contributed by atoms with van der Waals surface area (Å²) < 4.78 is 7.25. The first-order chi connectivity index (χ1) is 33.3. The predicted molar refractivity (Wildman–Crippen MR) is 280 cm³/mol. The highest BCUT2D eigenvalue weighted by atomic mass is 32.2. The van der Waals surface area contributed by atoms with E-state index in [1.807, 2.05) is 11.8 Å². The Morgan fingerprint density at radius 3 is 1.46 bits per heavy atom. The minimum absolute atomic E-state index is 0.500. The fourth-order valence-corrected chi connectivity index (χ4v) is 12.7. The molecule has 1 aliphatic heterocycles. The molecule has 12 aromatic rings. The van der Waals surface area contributed by atoms with E-state index in [1.165, 1.54) is 43.2 Å². The summed E-state index contributed by atoms with van der Waals surface area (Å²) >= 11 is 1.88. The molecular weight excluding hydrogens is 833 g/mol. The predicted octanol–water partition coefficient (Wildman–Crippen LogP) is 17.7. The molecule has 3 nitrogen and oxygen atoms in total. The van der Waals surface area contributed by atoms with Crippen molar-refractivity contribution in [2.45, 2.75) is 15.2 Å². The second kappa shape index (κ2) is 14.9. The van der Waals surface area contributed by atoms with Crippen LogP contribution in [-0.4, -0.2) is 0 Å². The summed E-state index contributed by atoms with van der Waals surface area (Å²) in [5.41, 5.74) is 15.6. The molecule has 2 heterocycles. The Kier molecular flexibility index (Phi) is 8.43. The van der Waals surface area contributed by atoms with Crippen LogP contribution < -0.4 is 9.80 Å². The number of hydrogen-bond donors (Lipinski definition) is 0. The van der Waals surface area contributed by atoms with E-state index in [-0.39, 0.29) is 0 Å². The van der Waals surface area contributed by atoms with Crippen molar-refractivity contribution in [3.8, 4) is 11.1 Å². The quantitative estimate of drug-likeness (QED) is 0.166. The van der Waals surface area contributed by atoms with Gasteiger partial charge in [0.25, 0.3) is 0 Å². The van der Waals surface area contributed by atoms with Crippen LogP contribution in [-0.2, 0) is 5.41 Å². The summed E-state index contributed by atoms with van der Waals surface area (Å²) in [7, 11) is 0. The highest BCUT2D eigenvalue weighted by molar-refractivity contribution is 7.99. The highest BCUT2D eigenvalue weighted by Crippen LogP contribution is 2.64. The molecule has 0 atom stereocenters. The van der Waals surface area contributed by atoms with Gasteiger partial charge in [-0.15, -0.1) is 0 Å². The van der Waals surface area contributed by atoms with Crippen LogP contribution in [0.4, 0.5) is 34.1 Å². The number of furan rings is 1. The van der Waals surface area contributed by atoms with E-state index in [9.17, 15) is 0 Å². The zero-order valence-corrected chi connectivity index (χ0v) is 37.1. The molecule has 0 radical (unpaired) electrons. The van der Waals surface area contributed by atoms with Crippen molar-refractivity contribution in [3.05, 3.63) is 265 Å². The van der Waals surface area contributed by atoms with Gasteiger partial charge < -0.3 is 14.2 Å². The van der Waals surface area contributed by atoms with Crippen molar-refractivity contribution in [3.63, 3.8) is 0 Å². The monoisotopic (exact) mass is 872 g/mol. The summed E-state index contributed by atoms with van der Waals surface area (Å²) in [4.78, 5) is 7.35. The number of para-hydroxylation sites is 3. The molecule has 1 aromatic heterocycles. The van der Waals surface area contributed by atoms with E-state index in [0.29, 0.717) is 0 Å². The highest BCUT2D eigenvalue weighted by Gasteiger charge is 2.50. The first-order valence-corrected chi connectivity index (χ1v) is 23.7. The lowest BCUT2D eigenvalue weighted by atomic mass is 9.67. The van der Waals surface area contributed by atoms with E-state index < -0.39 is 5.41 Å². The van der Waals surface area contributed by atoms with Gasteiger partial charge >= 0.3 is 0 Å². The molecule has 0 amide bonds. The van der Waals surface area contributed by atoms with E-state index >= 15 is 0 Å². The number of anilines is 6. The molecule has 0 fully saturated rings. The smallest absolute Gasteiger partial charge is 0.143 e. The molecule has 0 bridgehead atoms. The van der Waals surface area contributed by atoms with E-state index in [1.54, 1.807) is 0 Å². The van der Waals surface area contributed by atoms with Crippen LogP contribution in [0.1, 0.15) is 22.3 Å². The van der Waals surface area contributed by atoms with Crippen LogP contribution in [0.2, 0.25) is 0 Å². The number of rotatable bonds is 6. The third-order valence-electron chi connectivity index (χ3n) is 14.1. The average Bonchev–Trinajstić information content (AvgIpc) is 3.92. The second-order valence-electron chi connectivity index (χ2n) is 17.5. The van der Waals surface area contributed by atoms with Gasteiger partial charge in [0, 0.05) is 59.9 Å². The van der Waals surface area contributed by atoms with Gasteiger partial charge in [-0.3, -0.25) is 0 Å². The minimum atomic E-state index is -0.500. The Morgan fingerprint density at radius 1 is 0.343 bits per heavy atom. The molecule has 0 unspecified atom stereocenters. The van der Waals surface area contributed by atoms with Gasteiger partial charge in [0.15, 0.2) is 0 Å². The Hall–Kier alpha value is -8.31. The maximum Gasteiger partial charge on any atom is 0.143 e. The summed E-state index contributed by atoms with van der Waals surface area (Å²) in [6.07, 6.45) is 0. The molecule has 0 saturated carbocycles. The molecule has 11 aromatic carbocycles. The number of nitrogens with zero attached hydrogens (tertiary/aromatic N) is 2. The van der Waals surface area contributed by atoms with Gasteiger partial charge in [-0.05, 0) is 93.4 Å². The Labute approximate surface area is 392 Å². The number of hydrogen-bond acceptors (Lipinski definition) is 4. The summed E-state index contributed by atoms with van der Waals surface area (Å²) in [5, 5.41) is 6.66. The first kappa shape index (κ1) is 38.0.